The molecule has 0 heterocycles. The summed E-state index contributed by atoms with van der Waals surface area (Å²) in [4.78, 5) is 16.3. The maximum absolute atomic E-state index is 12.4. The molecule has 0 radical (unpaired) electrons. The number of methoxy groups -OCH3 is 1. The molecule has 0 aliphatic carbocycles. The molecule has 0 saturated heterocycles. The van der Waals surface area contributed by atoms with Gasteiger partial charge in [-0.25, -0.2) is 0 Å². The van der Waals surface area contributed by atoms with E-state index in [0.29, 0.717) is 23.7 Å². The fraction of sp³-hybridized carbons (Fsp3) is 0.350. The Morgan fingerprint density at radius 1 is 0.923 bits per heavy atom. The molecule has 2 rings (SSSR count). The maximum Gasteiger partial charge on any atom is 0.253 e. The van der Waals surface area contributed by atoms with Crippen LogP contribution in [0, 0.1) is 0 Å². The van der Waals surface area contributed by atoms with E-state index in [4.69, 9.17) is 21.1 Å². The summed E-state index contributed by atoms with van der Waals surface area (Å²) < 4.78 is 10.8. The summed E-state index contributed by atoms with van der Waals surface area (Å²) >= 11 is 5.85. The maximum atomic E-state index is 12.4. The van der Waals surface area contributed by atoms with Crippen LogP contribution < -0.4 is 9.47 Å². The van der Waals surface area contributed by atoms with Gasteiger partial charge in [0.1, 0.15) is 18.1 Å². The largest absolute Gasteiger partial charge is 0.497 e. The minimum Gasteiger partial charge on any atom is -0.497 e. The van der Waals surface area contributed by atoms with E-state index >= 15 is 0 Å². The van der Waals surface area contributed by atoms with Gasteiger partial charge in [-0.05, 0) is 55.6 Å². The van der Waals surface area contributed by atoms with E-state index in [1.165, 1.54) is 0 Å². The summed E-state index contributed by atoms with van der Waals surface area (Å²) in [6.07, 6.45) is 0. The molecule has 0 unspecified atom stereocenters. The zero-order valence-electron chi connectivity index (χ0n) is 15.4. The fourth-order valence-corrected chi connectivity index (χ4v) is 2.46. The smallest absolute Gasteiger partial charge is 0.253 e. The minimum atomic E-state index is -0.00142. The van der Waals surface area contributed by atoms with Crippen LogP contribution in [0.3, 0.4) is 0 Å². The zero-order chi connectivity index (χ0) is 18.9. The Labute approximate surface area is 160 Å². The molecular weight excluding hydrogens is 352 g/mol. The van der Waals surface area contributed by atoms with Gasteiger partial charge in [0.15, 0.2) is 0 Å². The minimum absolute atomic E-state index is 0.00142. The molecule has 1 amide bonds. The molecule has 0 saturated carbocycles. The van der Waals surface area contributed by atoms with Crippen molar-refractivity contribution in [2.45, 2.75) is 0 Å². The third-order valence-electron chi connectivity index (χ3n) is 4.06. The Hall–Kier alpha value is -2.24. The zero-order valence-corrected chi connectivity index (χ0v) is 16.2. The van der Waals surface area contributed by atoms with E-state index in [1.54, 1.807) is 48.4 Å². The van der Waals surface area contributed by atoms with Gasteiger partial charge in [-0.3, -0.25) is 4.79 Å². The molecule has 0 N–H and O–H groups in total. The molecule has 0 aromatic heterocycles. The number of amides is 1. The summed E-state index contributed by atoms with van der Waals surface area (Å²) in [7, 11) is 5.43. The number of halogens is 1. The number of hydrogen-bond acceptors (Lipinski definition) is 4. The topological polar surface area (TPSA) is 42.0 Å². The molecule has 0 aliphatic heterocycles. The summed E-state index contributed by atoms with van der Waals surface area (Å²) in [6, 6.07) is 14.5. The molecule has 2 aromatic carbocycles. The average Bonchev–Trinajstić information content (AvgIpc) is 2.67. The highest BCUT2D eigenvalue weighted by atomic mass is 35.5. The van der Waals surface area contributed by atoms with Crippen molar-refractivity contribution in [1.29, 1.82) is 0 Å². The van der Waals surface area contributed by atoms with Crippen LogP contribution in [0.1, 0.15) is 10.4 Å². The van der Waals surface area contributed by atoms with Crippen LogP contribution >= 0.6 is 11.6 Å². The Morgan fingerprint density at radius 3 is 2.15 bits per heavy atom. The molecule has 2 aromatic rings. The van der Waals surface area contributed by atoms with E-state index < -0.39 is 0 Å². The van der Waals surface area contributed by atoms with Gasteiger partial charge in [0.25, 0.3) is 5.91 Å². The van der Waals surface area contributed by atoms with Gasteiger partial charge >= 0.3 is 0 Å². The summed E-state index contributed by atoms with van der Waals surface area (Å²) in [5, 5.41) is 0.694. The first-order valence-electron chi connectivity index (χ1n) is 8.46. The lowest BCUT2D eigenvalue weighted by molar-refractivity contribution is 0.0780. The van der Waals surface area contributed by atoms with Crippen LogP contribution in [-0.2, 0) is 0 Å². The predicted molar refractivity (Wildman–Crippen MR) is 104 cm³/mol. The number of carbonyl (C=O) groups is 1. The molecule has 140 valence electrons. The van der Waals surface area contributed by atoms with Crippen LogP contribution in [0.5, 0.6) is 11.5 Å². The van der Waals surface area contributed by atoms with E-state index in [0.717, 1.165) is 24.6 Å². The first-order chi connectivity index (χ1) is 12.5. The predicted octanol–water partition coefficient (Wildman–Crippen LogP) is 3.43. The highest BCUT2D eigenvalue weighted by molar-refractivity contribution is 6.30. The van der Waals surface area contributed by atoms with Crippen LogP contribution in [0.2, 0.25) is 5.02 Å². The number of carbonyl (C=O) groups excluding carboxylic acids is 1. The fourth-order valence-electron chi connectivity index (χ4n) is 2.34. The lowest BCUT2D eigenvalue weighted by atomic mass is 10.2. The van der Waals surface area contributed by atoms with E-state index in [-0.39, 0.29) is 5.91 Å². The monoisotopic (exact) mass is 376 g/mol. The third kappa shape index (κ3) is 6.24. The normalized spacial score (nSPS) is 10.7. The van der Waals surface area contributed by atoms with E-state index in [9.17, 15) is 4.79 Å². The summed E-state index contributed by atoms with van der Waals surface area (Å²) in [5.74, 6) is 1.54. The molecule has 26 heavy (non-hydrogen) atoms. The average molecular weight is 377 g/mol. The SMILES string of the molecule is COc1ccc(C(=O)N(C)CCN(C)CCOc2ccc(Cl)cc2)cc1. The molecule has 0 spiro atoms. The molecule has 0 fully saturated rings. The van der Waals surface area contributed by atoms with Crippen LogP contribution in [0.25, 0.3) is 0 Å². The summed E-state index contributed by atoms with van der Waals surface area (Å²) in [6.45, 7) is 2.76. The highest BCUT2D eigenvalue weighted by Gasteiger charge is 2.12. The first kappa shape index (κ1) is 20.1. The standard InChI is InChI=1S/C20H25ClN2O3/c1-22(14-15-26-19-10-6-17(21)7-11-19)12-13-23(2)20(24)16-4-8-18(25-3)9-5-16/h4-11H,12-15H2,1-3H3. The van der Waals surface area contributed by atoms with Crippen molar-refractivity contribution < 1.29 is 14.3 Å². The second-order valence-corrected chi connectivity index (χ2v) is 6.50. The van der Waals surface area contributed by atoms with Gasteiger partial charge in [0, 0.05) is 37.3 Å². The van der Waals surface area contributed by atoms with Crippen molar-refractivity contribution in [2.75, 3.05) is 47.4 Å². The molecule has 5 nitrogen and oxygen atoms in total. The molecule has 0 atom stereocenters. The Kier molecular flexibility index (Phi) is 7.75. The quantitative estimate of drug-likeness (QED) is 0.672. The van der Waals surface area contributed by atoms with Crippen LogP contribution in [0.4, 0.5) is 0 Å². The molecule has 6 heteroatoms. The summed E-state index contributed by atoms with van der Waals surface area (Å²) in [5.41, 5.74) is 0.655. The number of rotatable bonds is 9. The second-order valence-electron chi connectivity index (χ2n) is 6.06. The number of ether oxygens (including phenoxy) is 2. The molecule has 0 aliphatic rings. The van der Waals surface area contributed by atoms with Crippen molar-refractivity contribution in [3.05, 3.63) is 59.1 Å². The number of likely N-dealkylation sites (N-methyl/N-ethyl adjacent to an activating group) is 2. The lowest BCUT2D eigenvalue weighted by Crippen LogP contribution is -2.36. The second kappa shape index (κ2) is 10.0. The van der Waals surface area contributed by atoms with Gasteiger partial charge in [-0.2, -0.15) is 0 Å². The van der Waals surface area contributed by atoms with Gasteiger partial charge in [0.2, 0.25) is 0 Å². The molecule has 0 bridgehead atoms. The lowest BCUT2D eigenvalue weighted by Gasteiger charge is -2.22. The van der Waals surface area contributed by atoms with Crippen molar-refractivity contribution in [3.63, 3.8) is 0 Å². The Balaban J connectivity index is 1.70. The Morgan fingerprint density at radius 2 is 1.54 bits per heavy atom. The van der Waals surface area contributed by atoms with Gasteiger partial charge in [-0.1, -0.05) is 11.6 Å². The van der Waals surface area contributed by atoms with E-state index in [1.807, 2.05) is 26.2 Å². The van der Waals surface area contributed by atoms with Crippen molar-refractivity contribution in [2.24, 2.45) is 0 Å². The number of hydrogen-bond donors (Lipinski definition) is 0. The van der Waals surface area contributed by atoms with Crippen molar-refractivity contribution in [3.8, 4) is 11.5 Å². The van der Waals surface area contributed by atoms with Crippen LogP contribution in [-0.4, -0.2) is 63.2 Å². The third-order valence-corrected chi connectivity index (χ3v) is 4.31. The van der Waals surface area contributed by atoms with Gasteiger partial charge in [-0.15, -0.1) is 0 Å². The van der Waals surface area contributed by atoms with E-state index in [2.05, 4.69) is 4.90 Å². The van der Waals surface area contributed by atoms with Gasteiger partial charge in [0.05, 0.1) is 7.11 Å². The van der Waals surface area contributed by atoms with Crippen molar-refractivity contribution >= 4 is 17.5 Å². The van der Waals surface area contributed by atoms with Gasteiger partial charge < -0.3 is 19.3 Å². The van der Waals surface area contributed by atoms with Crippen LogP contribution in [0.15, 0.2) is 48.5 Å². The Bertz CT molecular complexity index is 689. The molecular formula is C20H25ClN2O3. The van der Waals surface area contributed by atoms with Crippen molar-refractivity contribution in [1.82, 2.24) is 9.80 Å². The highest BCUT2D eigenvalue weighted by Crippen LogP contribution is 2.15. The number of benzene rings is 2. The first-order valence-corrected chi connectivity index (χ1v) is 8.84. The number of nitrogens with zero attached hydrogens (tertiary/aromatic N) is 2.